The van der Waals surface area contributed by atoms with Crippen LogP contribution in [-0.4, -0.2) is 47.4 Å². The first-order valence-corrected chi connectivity index (χ1v) is 7.77. The number of halogens is 1. The van der Waals surface area contributed by atoms with Crippen LogP contribution in [0.5, 0.6) is 0 Å². The lowest BCUT2D eigenvalue weighted by molar-refractivity contribution is 0.252. The predicted octanol–water partition coefficient (Wildman–Crippen LogP) is 0.862. The molecule has 3 rings (SSSR count). The number of hydrogen-bond donors (Lipinski definition) is 2. The average molecular weight is 380 g/mol. The summed E-state index contributed by atoms with van der Waals surface area (Å²) in [5.41, 5.74) is 0.642. The number of carbonyl (C=O) groups is 1. The maximum atomic E-state index is 11.8. The van der Waals surface area contributed by atoms with Crippen molar-refractivity contribution in [2.45, 2.75) is 19.9 Å². The van der Waals surface area contributed by atoms with E-state index < -0.39 is 0 Å². The zero-order valence-electron chi connectivity index (χ0n) is 12.3. The number of fused-ring (bicyclic) bond motifs is 1. The molecule has 23 heavy (non-hydrogen) atoms. The van der Waals surface area contributed by atoms with Crippen LogP contribution >= 0.6 is 15.9 Å². The first-order chi connectivity index (χ1) is 11.1. The standard InChI is InChI=1S/C12H14BrN9O/c1-2-22-19-9(17-20-22)5-6-14-12(23)16-10-7-21-11(15-10)4-3-8(13)18-21/h3-4,7H,2,5-6H2,1H3,(H2,14,16,23). The van der Waals surface area contributed by atoms with Crippen LogP contribution in [0, 0.1) is 0 Å². The maximum Gasteiger partial charge on any atom is 0.320 e. The van der Waals surface area contributed by atoms with Gasteiger partial charge in [0.25, 0.3) is 0 Å². The van der Waals surface area contributed by atoms with Crippen LogP contribution in [0.3, 0.4) is 0 Å². The molecule has 0 spiro atoms. The number of carbonyl (C=O) groups excluding carboxylic acids is 1. The van der Waals surface area contributed by atoms with E-state index in [2.05, 4.69) is 52.1 Å². The summed E-state index contributed by atoms with van der Waals surface area (Å²) in [6, 6.07) is 3.22. The normalized spacial score (nSPS) is 10.9. The Labute approximate surface area is 139 Å². The highest BCUT2D eigenvalue weighted by molar-refractivity contribution is 9.10. The molecule has 0 aliphatic heterocycles. The van der Waals surface area contributed by atoms with Crippen molar-refractivity contribution in [1.82, 2.24) is 40.1 Å². The highest BCUT2D eigenvalue weighted by Gasteiger charge is 2.08. The number of amides is 2. The first kappa shape index (κ1) is 15.3. The number of rotatable bonds is 5. The molecule has 120 valence electrons. The van der Waals surface area contributed by atoms with Gasteiger partial charge in [-0.1, -0.05) is 0 Å². The molecule has 0 saturated carbocycles. The summed E-state index contributed by atoms with van der Waals surface area (Å²) in [5.74, 6) is 1.01. The molecule has 3 heterocycles. The van der Waals surface area contributed by atoms with Gasteiger partial charge in [0.1, 0.15) is 4.60 Å². The van der Waals surface area contributed by atoms with Gasteiger partial charge in [-0.05, 0) is 40.2 Å². The van der Waals surface area contributed by atoms with Gasteiger partial charge in [-0.3, -0.25) is 5.32 Å². The number of imidazole rings is 1. The number of anilines is 1. The Morgan fingerprint density at radius 2 is 2.22 bits per heavy atom. The molecule has 0 aliphatic rings. The van der Waals surface area contributed by atoms with Crippen LogP contribution in [0.1, 0.15) is 12.7 Å². The number of aryl methyl sites for hydroxylation is 1. The molecule has 10 nitrogen and oxygen atoms in total. The third-order valence-electron chi connectivity index (χ3n) is 2.94. The SMILES string of the molecule is CCn1nnc(CCNC(=O)Nc2cn3nc(Br)ccc3n2)n1. The number of hydrogen-bond acceptors (Lipinski definition) is 6. The van der Waals surface area contributed by atoms with Gasteiger partial charge >= 0.3 is 6.03 Å². The lowest BCUT2D eigenvalue weighted by Crippen LogP contribution is -2.30. The predicted molar refractivity (Wildman–Crippen MR) is 84.9 cm³/mol. The van der Waals surface area contributed by atoms with Gasteiger partial charge < -0.3 is 5.32 Å². The molecule has 0 atom stereocenters. The molecular formula is C12H14BrN9O. The summed E-state index contributed by atoms with van der Waals surface area (Å²) in [6.07, 6.45) is 2.14. The van der Waals surface area contributed by atoms with Gasteiger partial charge in [-0.15, -0.1) is 10.2 Å². The highest BCUT2D eigenvalue weighted by Crippen LogP contribution is 2.11. The number of nitrogens with zero attached hydrogens (tertiary/aromatic N) is 7. The quantitative estimate of drug-likeness (QED) is 0.679. The minimum atomic E-state index is -0.352. The van der Waals surface area contributed by atoms with Crippen molar-refractivity contribution in [3.05, 3.63) is 28.8 Å². The van der Waals surface area contributed by atoms with E-state index in [1.54, 1.807) is 22.8 Å². The number of urea groups is 1. The Kier molecular flexibility index (Phi) is 4.46. The number of tetrazole rings is 1. The third kappa shape index (κ3) is 3.80. The minimum absolute atomic E-state index is 0.352. The third-order valence-corrected chi connectivity index (χ3v) is 3.36. The van der Waals surface area contributed by atoms with Gasteiger partial charge in [0, 0.05) is 13.0 Å². The zero-order valence-corrected chi connectivity index (χ0v) is 13.9. The fourth-order valence-electron chi connectivity index (χ4n) is 1.88. The van der Waals surface area contributed by atoms with E-state index in [1.807, 2.05) is 6.92 Å². The smallest absolute Gasteiger partial charge is 0.320 e. The fourth-order valence-corrected chi connectivity index (χ4v) is 2.18. The average Bonchev–Trinajstić information content (AvgIpc) is 3.12. The van der Waals surface area contributed by atoms with E-state index in [-0.39, 0.29) is 6.03 Å². The van der Waals surface area contributed by atoms with Crippen LogP contribution in [0.4, 0.5) is 10.6 Å². The van der Waals surface area contributed by atoms with E-state index in [1.165, 1.54) is 4.80 Å². The molecule has 0 bridgehead atoms. The van der Waals surface area contributed by atoms with Crippen molar-refractivity contribution in [3.63, 3.8) is 0 Å². The number of aromatic nitrogens is 7. The van der Waals surface area contributed by atoms with Gasteiger partial charge in [0.15, 0.2) is 17.3 Å². The molecule has 0 fully saturated rings. The first-order valence-electron chi connectivity index (χ1n) is 6.97. The van der Waals surface area contributed by atoms with Crippen molar-refractivity contribution < 1.29 is 4.79 Å². The molecule has 0 aliphatic carbocycles. The van der Waals surface area contributed by atoms with Crippen LogP contribution in [0.15, 0.2) is 22.9 Å². The summed E-state index contributed by atoms with van der Waals surface area (Å²) in [5, 5.41) is 21.4. The van der Waals surface area contributed by atoms with Crippen LogP contribution in [0.2, 0.25) is 0 Å². The minimum Gasteiger partial charge on any atom is -0.337 e. The Balaban J connectivity index is 1.51. The molecule has 3 aromatic rings. The Morgan fingerprint density at radius 3 is 3.00 bits per heavy atom. The lowest BCUT2D eigenvalue weighted by atomic mass is 10.4. The van der Waals surface area contributed by atoms with Crippen molar-refractivity contribution in [2.24, 2.45) is 0 Å². The second-order valence-corrected chi connectivity index (χ2v) is 5.42. The Bertz CT molecular complexity index is 827. The van der Waals surface area contributed by atoms with E-state index >= 15 is 0 Å². The topological polar surface area (TPSA) is 115 Å². The molecule has 3 aromatic heterocycles. The van der Waals surface area contributed by atoms with E-state index in [0.717, 1.165) is 0 Å². The van der Waals surface area contributed by atoms with Crippen molar-refractivity contribution in [2.75, 3.05) is 11.9 Å². The van der Waals surface area contributed by atoms with Gasteiger partial charge in [-0.2, -0.15) is 9.90 Å². The molecule has 0 saturated heterocycles. The van der Waals surface area contributed by atoms with Crippen LogP contribution in [-0.2, 0) is 13.0 Å². The summed E-state index contributed by atoms with van der Waals surface area (Å²) in [4.78, 5) is 17.6. The highest BCUT2D eigenvalue weighted by atomic mass is 79.9. The monoisotopic (exact) mass is 379 g/mol. The van der Waals surface area contributed by atoms with E-state index in [4.69, 9.17) is 0 Å². The van der Waals surface area contributed by atoms with Gasteiger partial charge in [0.05, 0.1) is 12.7 Å². The summed E-state index contributed by atoms with van der Waals surface area (Å²) >= 11 is 3.28. The maximum absolute atomic E-state index is 11.8. The van der Waals surface area contributed by atoms with E-state index in [9.17, 15) is 4.79 Å². The second-order valence-electron chi connectivity index (χ2n) is 4.61. The molecule has 0 aromatic carbocycles. The second kappa shape index (κ2) is 6.69. The molecule has 0 radical (unpaired) electrons. The van der Waals surface area contributed by atoms with Gasteiger partial charge in [0.2, 0.25) is 0 Å². The lowest BCUT2D eigenvalue weighted by Gasteiger charge is -2.03. The molecule has 11 heteroatoms. The molecule has 0 unspecified atom stereocenters. The van der Waals surface area contributed by atoms with Crippen molar-refractivity contribution >= 4 is 33.4 Å². The molecule has 2 amide bonds. The summed E-state index contributed by atoms with van der Waals surface area (Å²) in [6.45, 7) is 3.00. The van der Waals surface area contributed by atoms with Crippen molar-refractivity contribution in [1.29, 1.82) is 0 Å². The van der Waals surface area contributed by atoms with Gasteiger partial charge in [-0.25, -0.2) is 14.3 Å². The summed E-state index contributed by atoms with van der Waals surface area (Å²) in [7, 11) is 0. The Hall–Kier alpha value is -2.56. The van der Waals surface area contributed by atoms with Crippen molar-refractivity contribution in [3.8, 4) is 0 Å². The molecule has 2 N–H and O–H groups in total. The van der Waals surface area contributed by atoms with Crippen LogP contribution < -0.4 is 10.6 Å². The van der Waals surface area contributed by atoms with Crippen LogP contribution in [0.25, 0.3) is 5.65 Å². The summed E-state index contributed by atoms with van der Waals surface area (Å²) < 4.78 is 2.26. The number of nitrogens with one attached hydrogen (secondary N) is 2. The van der Waals surface area contributed by atoms with E-state index in [0.29, 0.717) is 41.4 Å². The largest absolute Gasteiger partial charge is 0.337 e. The zero-order chi connectivity index (χ0) is 16.2. The Morgan fingerprint density at radius 1 is 1.35 bits per heavy atom. The fraction of sp³-hybridized carbons (Fsp3) is 0.333. The molecular weight excluding hydrogens is 366 g/mol.